The van der Waals surface area contributed by atoms with E-state index in [-0.39, 0.29) is 41.5 Å². The summed E-state index contributed by atoms with van der Waals surface area (Å²) < 4.78 is 27.3. The van der Waals surface area contributed by atoms with E-state index in [4.69, 9.17) is 11.0 Å². The van der Waals surface area contributed by atoms with Crippen molar-refractivity contribution in [3.63, 3.8) is 0 Å². The van der Waals surface area contributed by atoms with Gasteiger partial charge in [-0.3, -0.25) is 0 Å². The van der Waals surface area contributed by atoms with E-state index >= 15 is 0 Å². The van der Waals surface area contributed by atoms with Crippen molar-refractivity contribution in [3.05, 3.63) is 76.9 Å². The second kappa shape index (κ2) is 9.44. The summed E-state index contributed by atoms with van der Waals surface area (Å²) >= 11 is 0. The van der Waals surface area contributed by atoms with Crippen LogP contribution in [-0.2, 0) is 4.79 Å². The minimum atomic E-state index is -1.43. The molecule has 0 aromatic heterocycles. The first kappa shape index (κ1) is 21.0. The van der Waals surface area contributed by atoms with Crippen LogP contribution in [-0.4, -0.2) is 12.0 Å². The van der Waals surface area contributed by atoms with Gasteiger partial charge in [0.25, 0.3) is 0 Å². The van der Waals surface area contributed by atoms with Crippen molar-refractivity contribution in [2.45, 2.75) is 12.5 Å². The Bertz CT molecular complexity index is 830. The number of hydrogen-bond donors (Lipinski definition) is 1. The van der Waals surface area contributed by atoms with E-state index in [1.54, 1.807) is 24.3 Å². The third-order valence-corrected chi connectivity index (χ3v) is 3.42. The van der Waals surface area contributed by atoms with Gasteiger partial charge in [-0.2, -0.15) is 5.26 Å². The number of nitrogens with two attached hydrogens (primary N) is 1. The molecule has 2 aromatic rings. The van der Waals surface area contributed by atoms with E-state index < -0.39 is 23.6 Å². The van der Waals surface area contributed by atoms with E-state index in [0.29, 0.717) is 16.7 Å². The maximum absolute atomic E-state index is 14.1. The van der Waals surface area contributed by atoms with Crippen LogP contribution >= 0.6 is 0 Å². The summed E-state index contributed by atoms with van der Waals surface area (Å²) in [5.41, 5.74) is 6.85. The summed E-state index contributed by atoms with van der Waals surface area (Å²) in [7, 11) is 0. The van der Waals surface area contributed by atoms with Crippen molar-refractivity contribution in [2.24, 2.45) is 5.73 Å². The first-order valence-electron chi connectivity index (χ1n) is 7.05. The van der Waals surface area contributed by atoms with Gasteiger partial charge in [-0.25, -0.2) is 8.78 Å². The van der Waals surface area contributed by atoms with Crippen molar-refractivity contribution in [2.75, 3.05) is 0 Å². The van der Waals surface area contributed by atoms with E-state index in [1.807, 2.05) is 6.07 Å². The Labute approximate surface area is 165 Å². The van der Waals surface area contributed by atoms with Crippen molar-refractivity contribution >= 4 is 11.5 Å². The monoisotopic (exact) mass is 350 g/mol. The third kappa shape index (κ3) is 5.48. The number of carboxylic acids is 1. The number of rotatable bonds is 5. The molecule has 0 saturated carbocycles. The van der Waals surface area contributed by atoms with Crippen molar-refractivity contribution < 1.29 is 48.2 Å². The Morgan fingerprint density at radius 2 is 1.88 bits per heavy atom. The predicted molar refractivity (Wildman–Crippen MR) is 82.2 cm³/mol. The molecule has 0 fully saturated rings. The number of carboxylic acid groups (broad SMARTS) is 1. The topological polar surface area (TPSA) is 89.9 Å². The van der Waals surface area contributed by atoms with Gasteiger partial charge >= 0.3 is 29.6 Å². The van der Waals surface area contributed by atoms with Crippen LogP contribution in [0.25, 0.3) is 5.57 Å². The molecule has 7 heteroatoms. The Kier molecular flexibility index (Phi) is 7.94. The first-order valence-corrected chi connectivity index (χ1v) is 7.05. The Hall–Kier alpha value is -2.04. The largest absolute Gasteiger partial charge is 1.00 e. The van der Waals surface area contributed by atoms with Crippen LogP contribution in [0.3, 0.4) is 0 Å². The fourth-order valence-corrected chi connectivity index (χ4v) is 2.16. The number of carbonyl (C=O) groups is 1. The summed E-state index contributed by atoms with van der Waals surface area (Å²) in [6, 6.07) is 10.1. The molecule has 0 bridgehead atoms. The van der Waals surface area contributed by atoms with Crippen molar-refractivity contribution in [1.29, 1.82) is 5.26 Å². The van der Waals surface area contributed by atoms with Gasteiger partial charge in [0, 0.05) is 17.7 Å². The number of nitriles is 1. The fraction of sp³-hybridized carbons (Fsp3) is 0.111. The van der Waals surface area contributed by atoms with E-state index in [2.05, 4.69) is 0 Å². The molecule has 0 radical (unpaired) electrons. The molecule has 4 nitrogen and oxygen atoms in total. The second-order valence-electron chi connectivity index (χ2n) is 5.09. The average Bonchev–Trinajstić information content (AvgIpc) is 2.56. The molecule has 0 aliphatic heterocycles. The Balaban J connectivity index is 0.00000312. The first-order chi connectivity index (χ1) is 11.4. The third-order valence-electron chi connectivity index (χ3n) is 3.42. The maximum Gasteiger partial charge on any atom is 1.00 e. The van der Waals surface area contributed by atoms with Gasteiger partial charge in [0.1, 0.15) is 11.6 Å². The van der Waals surface area contributed by atoms with Gasteiger partial charge in [0.2, 0.25) is 0 Å². The smallest absolute Gasteiger partial charge is 0.548 e. The normalized spacial score (nSPS) is 12.0. The Morgan fingerprint density at radius 3 is 2.40 bits per heavy atom. The molecule has 2 N–H and O–H groups in total. The van der Waals surface area contributed by atoms with Gasteiger partial charge in [-0.15, -0.1) is 0 Å². The van der Waals surface area contributed by atoms with E-state index in [1.165, 1.54) is 12.1 Å². The zero-order valence-corrected chi connectivity index (χ0v) is 15.5. The minimum Gasteiger partial charge on any atom is -0.548 e. The van der Waals surface area contributed by atoms with Crippen LogP contribution in [0.15, 0.2) is 48.5 Å². The van der Waals surface area contributed by atoms with Crippen LogP contribution in [0, 0.1) is 23.0 Å². The summed E-state index contributed by atoms with van der Waals surface area (Å²) in [4.78, 5) is 10.8. The molecule has 0 saturated heterocycles. The molecule has 2 rings (SSSR count). The van der Waals surface area contributed by atoms with Gasteiger partial charge in [-0.05, 0) is 41.8 Å². The number of carbonyl (C=O) groups excluding carboxylic acids is 1. The number of aliphatic carboxylic acids is 1. The summed E-state index contributed by atoms with van der Waals surface area (Å²) in [6.45, 7) is 0. The summed E-state index contributed by atoms with van der Waals surface area (Å²) in [6.07, 6.45) is 1.37. The molecule has 0 spiro atoms. The van der Waals surface area contributed by atoms with Crippen LogP contribution in [0.4, 0.5) is 8.78 Å². The molecule has 1 unspecified atom stereocenters. The molecule has 122 valence electrons. The average molecular weight is 350 g/mol. The van der Waals surface area contributed by atoms with Crippen molar-refractivity contribution in [1.82, 2.24) is 0 Å². The maximum atomic E-state index is 14.1. The molecular weight excluding hydrogens is 337 g/mol. The molecule has 2 aromatic carbocycles. The molecule has 0 amide bonds. The number of halogens is 2. The van der Waals surface area contributed by atoms with E-state index in [0.717, 1.165) is 12.1 Å². The van der Waals surface area contributed by atoms with Gasteiger partial charge in [-0.1, -0.05) is 18.2 Å². The second-order valence-corrected chi connectivity index (χ2v) is 5.09. The SMILES string of the molecule is N#Cc1ccc(C(=CCC(N)C(=O)[O-])c2ccc(F)cc2F)cc1.[Na+]. The van der Waals surface area contributed by atoms with Crippen molar-refractivity contribution in [3.8, 4) is 6.07 Å². The van der Waals surface area contributed by atoms with Crippen LogP contribution in [0.5, 0.6) is 0 Å². The molecule has 0 aliphatic carbocycles. The van der Waals surface area contributed by atoms with Crippen LogP contribution < -0.4 is 40.4 Å². The number of hydrogen-bond acceptors (Lipinski definition) is 4. The zero-order valence-electron chi connectivity index (χ0n) is 13.5. The minimum absolute atomic E-state index is 0. The molecular formula is C18H13F2N2NaO2. The van der Waals surface area contributed by atoms with Gasteiger partial charge in [0.15, 0.2) is 0 Å². The summed E-state index contributed by atoms with van der Waals surface area (Å²) in [5.74, 6) is -2.93. The van der Waals surface area contributed by atoms with Gasteiger partial charge in [0.05, 0.1) is 17.6 Å². The predicted octanol–water partition coefficient (Wildman–Crippen LogP) is -1.26. The summed E-state index contributed by atoms with van der Waals surface area (Å²) in [5, 5.41) is 19.6. The quantitative estimate of drug-likeness (QED) is 0.682. The molecule has 0 heterocycles. The standard InChI is InChI=1S/C18H14F2N2O2.Na/c19-13-5-6-15(16(20)9-13)14(7-8-17(22)18(23)24)12-3-1-11(10-21)2-4-12;/h1-7,9,17H,8,22H2,(H,23,24);/q;+1/p-1. The van der Waals surface area contributed by atoms with Gasteiger partial charge < -0.3 is 15.6 Å². The van der Waals surface area contributed by atoms with E-state index in [9.17, 15) is 18.7 Å². The fourth-order valence-electron chi connectivity index (χ4n) is 2.16. The molecule has 1 atom stereocenters. The number of benzene rings is 2. The van der Waals surface area contributed by atoms with Crippen LogP contribution in [0.2, 0.25) is 0 Å². The van der Waals surface area contributed by atoms with Crippen LogP contribution in [0.1, 0.15) is 23.1 Å². The number of nitrogens with zero attached hydrogens (tertiary/aromatic N) is 1. The Morgan fingerprint density at radius 1 is 1.24 bits per heavy atom. The zero-order chi connectivity index (χ0) is 17.7. The molecule has 25 heavy (non-hydrogen) atoms. The molecule has 0 aliphatic rings.